The monoisotopic (exact) mass is 583 g/mol. The molecule has 0 aliphatic carbocycles. The van der Waals surface area contributed by atoms with E-state index in [1.807, 2.05) is 44.2 Å². The van der Waals surface area contributed by atoms with Gasteiger partial charge < -0.3 is 5.32 Å². The summed E-state index contributed by atoms with van der Waals surface area (Å²) in [5.74, 6) is -0.249. The van der Waals surface area contributed by atoms with Crippen molar-refractivity contribution in [2.45, 2.75) is 55.4 Å². The van der Waals surface area contributed by atoms with E-state index in [4.69, 9.17) is 0 Å². The third-order valence-electron chi connectivity index (χ3n) is 7.14. The first-order chi connectivity index (χ1) is 19.1. The molecule has 0 spiro atoms. The van der Waals surface area contributed by atoms with Gasteiger partial charge in [-0.05, 0) is 62.9 Å². The molecule has 1 N–H and O–H groups in total. The maximum absolute atomic E-state index is 14.1. The summed E-state index contributed by atoms with van der Waals surface area (Å²) in [6.45, 7) is 4.64. The number of carbonyl (C=O) groups is 1. The first-order valence-electron chi connectivity index (χ1n) is 13.6. The van der Waals surface area contributed by atoms with Crippen LogP contribution < -0.4 is 5.32 Å². The first kappa shape index (κ1) is 29.9. The Bertz CT molecular complexity index is 1490. The van der Waals surface area contributed by atoms with Crippen LogP contribution >= 0.6 is 0 Å². The molecule has 1 amide bonds. The molecule has 0 aromatic heterocycles. The third-order valence-corrected chi connectivity index (χ3v) is 11.0. The van der Waals surface area contributed by atoms with Crippen molar-refractivity contribution in [2.24, 2.45) is 0 Å². The van der Waals surface area contributed by atoms with Crippen molar-refractivity contribution in [1.82, 2.24) is 13.9 Å². The highest BCUT2D eigenvalue weighted by atomic mass is 32.2. The summed E-state index contributed by atoms with van der Waals surface area (Å²) in [5.41, 5.74) is 2.59. The van der Waals surface area contributed by atoms with E-state index in [-0.39, 0.29) is 48.2 Å². The Morgan fingerprint density at radius 2 is 1.23 bits per heavy atom. The average Bonchev–Trinajstić information content (AvgIpc) is 2.95. The molecule has 1 atom stereocenters. The summed E-state index contributed by atoms with van der Waals surface area (Å²) in [7, 11) is -7.81. The van der Waals surface area contributed by atoms with Crippen molar-refractivity contribution < 1.29 is 21.6 Å². The lowest BCUT2D eigenvalue weighted by Gasteiger charge is -2.32. The van der Waals surface area contributed by atoms with Crippen molar-refractivity contribution in [2.75, 3.05) is 26.2 Å². The second-order valence-electron chi connectivity index (χ2n) is 10.2. The summed E-state index contributed by atoms with van der Waals surface area (Å²) >= 11 is 0. The topological polar surface area (TPSA) is 104 Å². The van der Waals surface area contributed by atoms with Gasteiger partial charge in [0.1, 0.15) is 0 Å². The minimum absolute atomic E-state index is 0.0412. The van der Waals surface area contributed by atoms with E-state index in [1.54, 1.807) is 48.5 Å². The number of benzene rings is 3. The Kier molecular flexibility index (Phi) is 9.78. The molecular formula is C30H37N3O5S2. The lowest BCUT2D eigenvalue weighted by Crippen LogP contribution is -2.40. The van der Waals surface area contributed by atoms with Gasteiger partial charge in [0.2, 0.25) is 26.0 Å². The van der Waals surface area contributed by atoms with E-state index < -0.39 is 26.1 Å². The maximum atomic E-state index is 14.1. The van der Waals surface area contributed by atoms with E-state index in [2.05, 4.69) is 5.32 Å². The Morgan fingerprint density at radius 1 is 0.675 bits per heavy atom. The average molecular weight is 584 g/mol. The molecule has 1 fully saturated rings. The van der Waals surface area contributed by atoms with Gasteiger partial charge in [-0.3, -0.25) is 4.79 Å². The van der Waals surface area contributed by atoms with Crippen LogP contribution in [0.3, 0.4) is 0 Å². The van der Waals surface area contributed by atoms with Crippen LogP contribution in [0.1, 0.15) is 48.4 Å². The zero-order chi connectivity index (χ0) is 28.8. The molecule has 10 heteroatoms. The number of amides is 1. The molecule has 4 rings (SSSR count). The van der Waals surface area contributed by atoms with Gasteiger partial charge in [0.25, 0.3) is 0 Å². The molecule has 0 radical (unpaired) electrons. The predicted octanol–water partition coefficient (Wildman–Crippen LogP) is 4.42. The van der Waals surface area contributed by atoms with Crippen molar-refractivity contribution in [3.63, 3.8) is 0 Å². The van der Waals surface area contributed by atoms with Crippen LogP contribution in [-0.4, -0.2) is 57.5 Å². The van der Waals surface area contributed by atoms with Gasteiger partial charge in [-0.25, -0.2) is 16.8 Å². The second-order valence-corrected chi connectivity index (χ2v) is 14.0. The van der Waals surface area contributed by atoms with Crippen molar-refractivity contribution in [3.8, 4) is 0 Å². The van der Waals surface area contributed by atoms with Gasteiger partial charge in [-0.15, -0.1) is 0 Å². The van der Waals surface area contributed by atoms with Crippen LogP contribution in [0.2, 0.25) is 0 Å². The first-order valence-corrected chi connectivity index (χ1v) is 16.4. The van der Waals surface area contributed by atoms with Crippen molar-refractivity contribution in [3.05, 3.63) is 95.6 Å². The number of carbonyl (C=O) groups excluding carboxylic acids is 1. The fourth-order valence-corrected chi connectivity index (χ4v) is 8.02. The molecule has 214 valence electrons. The van der Waals surface area contributed by atoms with Gasteiger partial charge >= 0.3 is 0 Å². The molecule has 1 heterocycles. The van der Waals surface area contributed by atoms with Crippen LogP contribution in [-0.2, 0) is 24.8 Å². The molecule has 0 bridgehead atoms. The molecule has 3 aromatic rings. The Morgan fingerprint density at radius 3 is 1.82 bits per heavy atom. The quantitative estimate of drug-likeness (QED) is 0.479. The fourth-order valence-electron chi connectivity index (χ4n) is 4.85. The van der Waals surface area contributed by atoms with Gasteiger partial charge in [-0.1, -0.05) is 65.7 Å². The van der Waals surface area contributed by atoms with Crippen LogP contribution in [0, 0.1) is 13.8 Å². The molecule has 8 nitrogen and oxygen atoms in total. The molecule has 40 heavy (non-hydrogen) atoms. The second kappa shape index (κ2) is 13.1. The number of aryl methyl sites for hydroxylation is 2. The largest absolute Gasteiger partial charge is 0.356 e. The van der Waals surface area contributed by atoms with Gasteiger partial charge in [0.05, 0.1) is 15.8 Å². The van der Waals surface area contributed by atoms with E-state index >= 15 is 0 Å². The molecule has 3 aromatic carbocycles. The lowest BCUT2D eigenvalue weighted by atomic mass is 10.0. The van der Waals surface area contributed by atoms with Crippen molar-refractivity contribution in [1.29, 1.82) is 0 Å². The zero-order valence-corrected chi connectivity index (χ0v) is 24.6. The number of sulfonamides is 2. The maximum Gasteiger partial charge on any atom is 0.243 e. The van der Waals surface area contributed by atoms with Crippen LogP contribution in [0.15, 0.2) is 88.7 Å². The van der Waals surface area contributed by atoms with E-state index in [0.717, 1.165) is 11.1 Å². The third kappa shape index (κ3) is 7.17. The number of hydrogen-bond donors (Lipinski definition) is 1. The normalized spacial score (nSPS) is 19.1. The molecular weight excluding hydrogens is 546 g/mol. The summed E-state index contributed by atoms with van der Waals surface area (Å²) in [6, 6.07) is 21.7. The van der Waals surface area contributed by atoms with Crippen LogP contribution in [0.25, 0.3) is 0 Å². The highest BCUT2D eigenvalue weighted by Crippen LogP contribution is 2.31. The fraction of sp³-hybridized carbons (Fsp3) is 0.367. The van der Waals surface area contributed by atoms with Gasteiger partial charge in [-0.2, -0.15) is 8.61 Å². The van der Waals surface area contributed by atoms with E-state index in [1.165, 1.54) is 8.61 Å². The van der Waals surface area contributed by atoms with Crippen LogP contribution in [0.5, 0.6) is 0 Å². The Hall–Kier alpha value is -3.05. The number of rotatable bonds is 5. The zero-order valence-electron chi connectivity index (χ0n) is 23.0. The SMILES string of the molecule is Cc1ccc(S(=O)(=O)N2CCCCNC(=O)C[C@@H](c3ccccc3)N(S(=O)(=O)c3ccc(C)cc3)CCC2)cc1. The Labute approximate surface area is 238 Å². The molecule has 1 aliphatic heterocycles. The molecule has 1 saturated heterocycles. The summed E-state index contributed by atoms with van der Waals surface area (Å²) in [6.07, 6.45) is 1.40. The van der Waals surface area contributed by atoms with E-state index in [9.17, 15) is 21.6 Å². The summed E-state index contributed by atoms with van der Waals surface area (Å²) in [5, 5.41) is 2.90. The minimum Gasteiger partial charge on any atom is -0.356 e. The predicted molar refractivity (Wildman–Crippen MR) is 156 cm³/mol. The lowest BCUT2D eigenvalue weighted by molar-refractivity contribution is -0.122. The van der Waals surface area contributed by atoms with Crippen molar-refractivity contribution >= 4 is 26.0 Å². The van der Waals surface area contributed by atoms with E-state index in [0.29, 0.717) is 24.9 Å². The minimum atomic E-state index is -4.02. The number of hydrogen-bond acceptors (Lipinski definition) is 5. The molecule has 0 unspecified atom stereocenters. The number of nitrogens with one attached hydrogen (secondary N) is 1. The van der Waals surface area contributed by atoms with Crippen LogP contribution in [0.4, 0.5) is 0 Å². The van der Waals surface area contributed by atoms with Gasteiger partial charge in [0.15, 0.2) is 0 Å². The van der Waals surface area contributed by atoms with Gasteiger partial charge in [0, 0.05) is 32.6 Å². The summed E-state index contributed by atoms with van der Waals surface area (Å²) < 4.78 is 58.1. The standard InChI is InChI=1S/C30H37N3O5S2/c1-24-11-15-27(16-12-24)39(35,36)32-20-7-6-19-31-30(34)23-29(26-9-4-3-5-10-26)33(22-8-21-32)40(37,38)28-17-13-25(2)14-18-28/h3-5,9-18,29H,6-8,19-23H2,1-2H3,(H,31,34)/t29-/m0/s1. The number of nitrogens with zero attached hydrogens (tertiary/aromatic N) is 2. The molecule has 0 saturated carbocycles. The summed E-state index contributed by atoms with van der Waals surface area (Å²) in [4.78, 5) is 13.4. The Balaban J connectivity index is 1.72. The highest BCUT2D eigenvalue weighted by Gasteiger charge is 2.34. The molecule has 1 aliphatic rings. The highest BCUT2D eigenvalue weighted by molar-refractivity contribution is 7.89. The smallest absolute Gasteiger partial charge is 0.243 e.